The summed E-state index contributed by atoms with van der Waals surface area (Å²) in [6.07, 6.45) is 5.00. The highest BCUT2D eigenvalue weighted by molar-refractivity contribution is 8.19. The van der Waals surface area contributed by atoms with Crippen molar-refractivity contribution in [3.05, 3.63) is 71.4 Å². The Morgan fingerprint density at radius 1 is 1.18 bits per heavy atom. The smallest absolute Gasteiger partial charge is 0.284 e. The molecule has 0 saturated carbocycles. The molecular weight excluding hydrogens is 479 g/mol. The van der Waals surface area contributed by atoms with Crippen LogP contribution < -0.4 is 9.47 Å². The lowest BCUT2D eigenvalue weighted by atomic mass is 10.2. The lowest BCUT2D eigenvalue weighted by molar-refractivity contribution is -0.121. The summed E-state index contributed by atoms with van der Waals surface area (Å²) in [5.41, 5.74) is 0.685. The van der Waals surface area contributed by atoms with Gasteiger partial charge in [0.05, 0.1) is 23.5 Å². The molecule has 10 heteroatoms. The number of amidine groups is 1. The zero-order valence-corrected chi connectivity index (χ0v) is 20.5. The summed E-state index contributed by atoms with van der Waals surface area (Å²) < 4.78 is 53.6. The van der Waals surface area contributed by atoms with E-state index in [1.165, 1.54) is 11.0 Å². The number of rotatable bonds is 10. The van der Waals surface area contributed by atoms with Gasteiger partial charge >= 0.3 is 0 Å². The number of sulfonamides is 1. The maximum absolute atomic E-state index is 13.2. The molecule has 1 amide bonds. The molecule has 1 fully saturated rings. The minimum absolute atomic E-state index is 0.00611. The summed E-state index contributed by atoms with van der Waals surface area (Å²) in [7, 11) is -2.60. The van der Waals surface area contributed by atoms with Crippen LogP contribution in [0.1, 0.15) is 25.3 Å². The second-order valence-corrected chi connectivity index (χ2v) is 9.84. The molecule has 2 aromatic carbocycles. The molecule has 0 aliphatic carbocycles. The summed E-state index contributed by atoms with van der Waals surface area (Å²) in [5, 5.41) is -0.00611. The highest BCUT2D eigenvalue weighted by Crippen LogP contribution is 2.35. The van der Waals surface area contributed by atoms with Crippen molar-refractivity contribution in [2.75, 3.05) is 20.3 Å². The van der Waals surface area contributed by atoms with Crippen molar-refractivity contribution in [2.24, 2.45) is 4.40 Å². The first-order valence-corrected chi connectivity index (χ1v) is 12.8. The number of methoxy groups -OCH3 is 1. The van der Waals surface area contributed by atoms with Gasteiger partial charge in [0.25, 0.3) is 15.9 Å². The molecule has 1 aliphatic rings. The number of carbonyl (C=O) groups excluding carboxylic acids is 1. The molecule has 0 aromatic heterocycles. The Bertz CT molecular complexity index is 1220. The van der Waals surface area contributed by atoms with Gasteiger partial charge in [-0.1, -0.05) is 25.5 Å². The van der Waals surface area contributed by atoms with Crippen molar-refractivity contribution in [1.29, 1.82) is 0 Å². The van der Waals surface area contributed by atoms with Crippen LogP contribution in [0.2, 0.25) is 0 Å². The van der Waals surface area contributed by atoms with E-state index < -0.39 is 21.7 Å². The molecule has 0 spiro atoms. The molecule has 0 unspecified atom stereocenters. The summed E-state index contributed by atoms with van der Waals surface area (Å²) in [6, 6.07) is 9.61. The van der Waals surface area contributed by atoms with Gasteiger partial charge in [0, 0.05) is 6.54 Å². The molecule has 0 atom stereocenters. The Kier molecular flexibility index (Phi) is 8.51. The SMILES string of the molecule is C=CCN1C(=O)/C(=C/c2ccc(OC)c(OCCCC)c2)SC1=NS(=O)(=O)c1ccc(F)cc1. The van der Waals surface area contributed by atoms with Crippen molar-refractivity contribution in [2.45, 2.75) is 24.7 Å². The van der Waals surface area contributed by atoms with Crippen LogP contribution in [0.15, 0.2) is 69.3 Å². The largest absolute Gasteiger partial charge is 0.493 e. The molecular formula is C24H25FN2O5S2. The fraction of sp³-hybridized carbons (Fsp3) is 0.250. The Balaban J connectivity index is 1.94. The molecule has 3 rings (SSSR count). The first-order valence-electron chi connectivity index (χ1n) is 10.5. The molecule has 0 N–H and O–H groups in total. The van der Waals surface area contributed by atoms with Crippen molar-refractivity contribution < 1.29 is 27.1 Å². The molecule has 7 nitrogen and oxygen atoms in total. The van der Waals surface area contributed by atoms with E-state index in [0.717, 1.165) is 48.9 Å². The van der Waals surface area contributed by atoms with E-state index in [4.69, 9.17) is 9.47 Å². The van der Waals surface area contributed by atoms with Gasteiger partial charge in [0.1, 0.15) is 5.82 Å². The van der Waals surface area contributed by atoms with Gasteiger partial charge in [-0.2, -0.15) is 8.42 Å². The summed E-state index contributed by atoms with van der Waals surface area (Å²) >= 11 is 0.938. The number of thioether (sulfide) groups is 1. The van der Waals surface area contributed by atoms with Crippen LogP contribution in [0.25, 0.3) is 6.08 Å². The van der Waals surface area contributed by atoms with Crippen LogP contribution in [0, 0.1) is 5.82 Å². The number of carbonyl (C=O) groups is 1. The minimum Gasteiger partial charge on any atom is -0.493 e. The summed E-state index contributed by atoms with van der Waals surface area (Å²) in [5.74, 6) is 0.163. The van der Waals surface area contributed by atoms with Crippen LogP contribution in [-0.4, -0.2) is 44.7 Å². The first-order chi connectivity index (χ1) is 16.3. The number of hydrogen-bond acceptors (Lipinski definition) is 6. The van der Waals surface area contributed by atoms with Crippen molar-refractivity contribution in [3.8, 4) is 11.5 Å². The van der Waals surface area contributed by atoms with Crippen LogP contribution in [0.4, 0.5) is 4.39 Å². The average Bonchev–Trinajstić information content (AvgIpc) is 3.08. The average molecular weight is 505 g/mol. The number of unbranched alkanes of at least 4 members (excludes halogenated alkanes) is 1. The van der Waals surface area contributed by atoms with E-state index in [2.05, 4.69) is 17.9 Å². The molecule has 180 valence electrons. The molecule has 2 aromatic rings. The predicted octanol–water partition coefficient (Wildman–Crippen LogP) is 4.86. The monoisotopic (exact) mass is 504 g/mol. The number of ether oxygens (including phenoxy) is 2. The zero-order chi connectivity index (χ0) is 24.7. The molecule has 0 bridgehead atoms. The second kappa shape index (κ2) is 11.3. The van der Waals surface area contributed by atoms with Gasteiger partial charge in [-0.3, -0.25) is 9.69 Å². The maximum Gasteiger partial charge on any atom is 0.284 e. The van der Waals surface area contributed by atoms with Crippen LogP contribution >= 0.6 is 11.8 Å². The van der Waals surface area contributed by atoms with Gasteiger partial charge in [-0.25, -0.2) is 4.39 Å². The third-order valence-electron chi connectivity index (χ3n) is 4.75. The zero-order valence-electron chi connectivity index (χ0n) is 18.9. The number of amides is 1. The molecule has 0 radical (unpaired) electrons. The quantitative estimate of drug-likeness (QED) is 0.261. The Hall–Kier alpha value is -3.11. The number of benzene rings is 2. The number of hydrogen-bond donors (Lipinski definition) is 0. The maximum atomic E-state index is 13.2. The van der Waals surface area contributed by atoms with Crippen LogP contribution in [-0.2, 0) is 14.8 Å². The Morgan fingerprint density at radius 2 is 1.91 bits per heavy atom. The fourth-order valence-corrected chi connectivity index (χ4v) is 5.19. The standard InChI is InChI=1S/C24H25FN2O5S2/c1-4-6-14-32-21-15-17(7-12-20(21)31-3)16-22-23(28)27(13-5-2)24(33-22)26-34(29,30)19-10-8-18(25)9-11-19/h5,7-12,15-16H,2,4,6,13-14H2,1,3H3/b22-16-,26-24?. The van der Waals surface area contributed by atoms with Gasteiger partial charge in [0.15, 0.2) is 16.7 Å². The van der Waals surface area contributed by atoms with Crippen molar-refractivity contribution in [3.63, 3.8) is 0 Å². The Morgan fingerprint density at radius 3 is 2.56 bits per heavy atom. The third kappa shape index (κ3) is 6.06. The Labute approximate surface area is 203 Å². The van der Waals surface area contributed by atoms with E-state index in [0.29, 0.717) is 28.6 Å². The lowest BCUT2D eigenvalue weighted by Crippen LogP contribution is -2.29. The summed E-state index contributed by atoms with van der Waals surface area (Å²) in [6.45, 7) is 6.31. The first kappa shape index (κ1) is 25.5. The van der Waals surface area contributed by atoms with E-state index >= 15 is 0 Å². The molecule has 1 heterocycles. The second-order valence-electron chi connectivity index (χ2n) is 7.23. The predicted molar refractivity (Wildman–Crippen MR) is 132 cm³/mol. The van der Waals surface area contributed by atoms with Gasteiger partial charge < -0.3 is 9.47 Å². The molecule has 34 heavy (non-hydrogen) atoms. The topological polar surface area (TPSA) is 85.3 Å². The van der Waals surface area contributed by atoms with E-state index in [9.17, 15) is 17.6 Å². The normalized spacial score (nSPS) is 16.3. The summed E-state index contributed by atoms with van der Waals surface area (Å²) in [4.78, 5) is 14.4. The fourth-order valence-electron chi connectivity index (χ4n) is 3.00. The van der Waals surface area contributed by atoms with E-state index in [1.807, 2.05) is 0 Å². The minimum atomic E-state index is -4.15. The van der Waals surface area contributed by atoms with E-state index in [-0.39, 0.29) is 16.6 Å². The molecule has 1 aliphatic heterocycles. The number of halogens is 1. The van der Waals surface area contributed by atoms with Crippen LogP contribution in [0.5, 0.6) is 11.5 Å². The number of nitrogens with zero attached hydrogens (tertiary/aromatic N) is 2. The van der Waals surface area contributed by atoms with Crippen molar-refractivity contribution >= 4 is 38.9 Å². The molecule has 1 saturated heterocycles. The van der Waals surface area contributed by atoms with Crippen molar-refractivity contribution in [1.82, 2.24) is 4.90 Å². The van der Waals surface area contributed by atoms with Gasteiger partial charge in [-0.05, 0) is 66.2 Å². The third-order valence-corrected chi connectivity index (χ3v) is 7.15. The van der Waals surface area contributed by atoms with Gasteiger partial charge in [0.2, 0.25) is 0 Å². The van der Waals surface area contributed by atoms with Gasteiger partial charge in [-0.15, -0.1) is 11.0 Å². The van der Waals surface area contributed by atoms with E-state index in [1.54, 1.807) is 31.4 Å². The lowest BCUT2D eigenvalue weighted by Gasteiger charge is -2.12. The highest BCUT2D eigenvalue weighted by Gasteiger charge is 2.34. The van der Waals surface area contributed by atoms with Crippen LogP contribution in [0.3, 0.4) is 0 Å². The highest BCUT2D eigenvalue weighted by atomic mass is 32.2.